The van der Waals surface area contributed by atoms with Crippen molar-refractivity contribution >= 4 is 11.6 Å². The van der Waals surface area contributed by atoms with Crippen LogP contribution < -0.4 is 11.1 Å². The minimum Gasteiger partial charge on any atom is -0.326 e. The second-order valence-corrected chi connectivity index (χ2v) is 5.08. The summed E-state index contributed by atoms with van der Waals surface area (Å²) in [6.07, 6.45) is 4.31. The summed E-state index contributed by atoms with van der Waals surface area (Å²) in [6.45, 7) is 2.34. The smallest absolute Gasteiger partial charge is 0.224 e. The third kappa shape index (κ3) is 3.84. The number of rotatable bonds is 3. The van der Waals surface area contributed by atoms with Crippen molar-refractivity contribution in [2.45, 2.75) is 32.6 Å². The Morgan fingerprint density at radius 1 is 1.47 bits per heavy atom. The van der Waals surface area contributed by atoms with Gasteiger partial charge in [0.25, 0.3) is 0 Å². The molecule has 3 nitrogen and oxygen atoms in total. The molecule has 0 aromatic heterocycles. The van der Waals surface area contributed by atoms with Gasteiger partial charge in [-0.1, -0.05) is 18.3 Å². The third-order valence-electron chi connectivity index (χ3n) is 3.53. The first-order valence-corrected chi connectivity index (χ1v) is 6.78. The summed E-state index contributed by atoms with van der Waals surface area (Å²) in [5.74, 6) is 6.52. The number of amides is 1. The number of hydrogen-bond acceptors (Lipinski definition) is 2. The van der Waals surface area contributed by atoms with Crippen molar-refractivity contribution in [3.63, 3.8) is 0 Å². The molecule has 2 rings (SSSR count). The van der Waals surface area contributed by atoms with Gasteiger partial charge in [0.15, 0.2) is 0 Å². The predicted molar refractivity (Wildman–Crippen MR) is 77.7 cm³/mol. The predicted octanol–water partition coefficient (Wildman–Crippen LogP) is 2.43. The van der Waals surface area contributed by atoms with Crippen molar-refractivity contribution < 1.29 is 4.79 Å². The van der Waals surface area contributed by atoms with Gasteiger partial charge in [-0.15, -0.1) is 0 Å². The molecule has 100 valence electrons. The van der Waals surface area contributed by atoms with Crippen molar-refractivity contribution in [3.8, 4) is 11.8 Å². The largest absolute Gasteiger partial charge is 0.326 e. The maximum Gasteiger partial charge on any atom is 0.224 e. The molecular weight excluding hydrogens is 236 g/mol. The third-order valence-corrected chi connectivity index (χ3v) is 3.53. The molecule has 0 unspecified atom stereocenters. The van der Waals surface area contributed by atoms with E-state index < -0.39 is 0 Å². The van der Waals surface area contributed by atoms with Crippen molar-refractivity contribution in [1.29, 1.82) is 0 Å². The van der Waals surface area contributed by atoms with E-state index in [4.69, 9.17) is 5.73 Å². The zero-order chi connectivity index (χ0) is 13.7. The SMILES string of the molecule is Cc1cc(C#CCN)ccc1NC(=O)CC1CCC1. The Hall–Kier alpha value is -1.79. The molecule has 1 aromatic rings. The van der Waals surface area contributed by atoms with E-state index in [-0.39, 0.29) is 5.91 Å². The highest BCUT2D eigenvalue weighted by Crippen LogP contribution is 2.29. The molecule has 1 fully saturated rings. The molecule has 3 heteroatoms. The van der Waals surface area contributed by atoms with Crippen LogP contribution in [0.2, 0.25) is 0 Å². The molecule has 0 radical (unpaired) electrons. The second kappa shape index (κ2) is 6.40. The molecule has 1 aromatic carbocycles. The van der Waals surface area contributed by atoms with Crippen LogP contribution in [0.25, 0.3) is 0 Å². The van der Waals surface area contributed by atoms with Crippen LogP contribution in [-0.4, -0.2) is 12.5 Å². The van der Waals surface area contributed by atoms with E-state index in [1.807, 2.05) is 25.1 Å². The molecular formula is C16H20N2O. The number of carbonyl (C=O) groups excluding carboxylic acids is 1. The average molecular weight is 256 g/mol. The minimum atomic E-state index is 0.119. The van der Waals surface area contributed by atoms with Crippen molar-refractivity contribution in [3.05, 3.63) is 29.3 Å². The van der Waals surface area contributed by atoms with Gasteiger partial charge in [0.1, 0.15) is 0 Å². The lowest BCUT2D eigenvalue weighted by Gasteiger charge is -2.24. The first kappa shape index (κ1) is 13.6. The van der Waals surface area contributed by atoms with E-state index in [0.717, 1.165) is 16.8 Å². The van der Waals surface area contributed by atoms with Crippen molar-refractivity contribution in [2.75, 3.05) is 11.9 Å². The molecule has 0 heterocycles. The fourth-order valence-corrected chi connectivity index (χ4v) is 2.20. The summed E-state index contributed by atoms with van der Waals surface area (Å²) in [7, 11) is 0. The summed E-state index contributed by atoms with van der Waals surface area (Å²) in [6, 6.07) is 5.80. The van der Waals surface area contributed by atoms with E-state index >= 15 is 0 Å². The molecule has 19 heavy (non-hydrogen) atoms. The fraction of sp³-hybridized carbons (Fsp3) is 0.438. The molecule has 0 spiro atoms. The van der Waals surface area contributed by atoms with E-state index in [1.54, 1.807) is 0 Å². The lowest BCUT2D eigenvalue weighted by atomic mass is 9.83. The van der Waals surface area contributed by atoms with Crippen LogP contribution >= 0.6 is 0 Å². The van der Waals surface area contributed by atoms with Crippen LogP contribution in [0.15, 0.2) is 18.2 Å². The number of aryl methyl sites for hydroxylation is 1. The first-order valence-electron chi connectivity index (χ1n) is 6.78. The van der Waals surface area contributed by atoms with Gasteiger partial charge in [-0.2, -0.15) is 0 Å². The van der Waals surface area contributed by atoms with Crippen LogP contribution in [-0.2, 0) is 4.79 Å². The number of nitrogens with one attached hydrogen (secondary N) is 1. The quantitative estimate of drug-likeness (QED) is 0.816. The summed E-state index contributed by atoms with van der Waals surface area (Å²) in [4.78, 5) is 11.9. The molecule has 0 atom stereocenters. The number of benzene rings is 1. The average Bonchev–Trinajstić information content (AvgIpc) is 2.34. The lowest BCUT2D eigenvalue weighted by Crippen LogP contribution is -2.21. The Kier molecular flexibility index (Phi) is 4.59. The molecule has 1 aliphatic rings. The van der Waals surface area contributed by atoms with Crippen molar-refractivity contribution in [1.82, 2.24) is 0 Å². The van der Waals surface area contributed by atoms with Crippen molar-refractivity contribution in [2.24, 2.45) is 11.7 Å². The summed E-state index contributed by atoms with van der Waals surface area (Å²) >= 11 is 0. The van der Waals surface area contributed by atoms with Crippen LogP contribution in [0.4, 0.5) is 5.69 Å². The first-order chi connectivity index (χ1) is 9.19. The summed E-state index contributed by atoms with van der Waals surface area (Å²) in [5.41, 5.74) is 8.19. The summed E-state index contributed by atoms with van der Waals surface area (Å²) < 4.78 is 0. The van der Waals surface area contributed by atoms with E-state index in [0.29, 0.717) is 18.9 Å². The molecule has 0 bridgehead atoms. The highest BCUT2D eigenvalue weighted by atomic mass is 16.1. The monoisotopic (exact) mass is 256 g/mol. The Labute approximate surface area is 114 Å². The van der Waals surface area contributed by atoms with Crippen LogP contribution in [0.5, 0.6) is 0 Å². The number of carbonyl (C=O) groups is 1. The number of hydrogen-bond donors (Lipinski definition) is 2. The van der Waals surface area contributed by atoms with Gasteiger partial charge >= 0.3 is 0 Å². The standard InChI is InChI=1S/C16H20N2O/c1-12-10-14(6-3-9-17)7-8-15(12)18-16(19)11-13-4-2-5-13/h7-8,10,13H,2,4-5,9,11,17H2,1H3,(H,18,19). The molecule has 0 saturated heterocycles. The Morgan fingerprint density at radius 3 is 2.84 bits per heavy atom. The fourth-order valence-electron chi connectivity index (χ4n) is 2.20. The molecule has 1 amide bonds. The molecule has 3 N–H and O–H groups in total. The number of anilines is 1. The zero-order valence-electron chi connectivity index (χ0n) is 11.3. The number of nitrogens with two attached hydrogens (primary N) is 1. The van der Waals surface area contributed by atoms with Gasteiger partial charge in [0.2, 0.25) is 5.91 Å². The Bertz CT molecular complexity index is 521. The molecule has 0 aliphatic heterocycles. The maximum absolute atomic E-state index is 11.9. The Morgan fingerprint density at radius 2 is 2.26 bits per heavy atom. The van der Waals surface area contributed by atoms with E-state index in [9.17, 15) is 4.79 Å². The van der Waals surface area contributed by atoms with Crippen LogP contribution in [0, 0.1) is 24.7 Å². The summed E-state index contributed by atoms with van der Waals surface area (Å²) in [5, 5.41) is 2.98. The highest BCUT2D eigenvalue weighted by Gasteiger charge is 2.20. The van der Waals surface area contributed by atoms with E-state index in [1.165, 1.54) is 19.3 Å². The highest BCUT2D eigenvalue weighted by molar-refractivity contribution is 5.91. The topological polar surface area (TPSA) is 55.1 Å². The molecule has 1 saturated carbocycles. The van der Waals surface area contributed by atoms with Gasteiger partial charge in [0.05, 0.1) is 6.54 Å². The van der Waals surface area contributed by atoms with Gasteiger partial charge in [-0.3, -0.25) is 4.79 Å². The normalized spacial score (nSPS) is 14.2. The zero-order valence-corrected chi connectivity index (χ0v) is 11.3. The Balaban J connectivity index is 1.97. The van der Waals surface area contributed by atoms with Gasteiger partial charge in [0, 0.05) is 17.7 Å². The molecule has 1 aliphatic carbocycles. The van der Waals surface area contributed by atoms with E-state index in [2.05, 4.69) is 17.2 Å². The second-order valence-electron chi connectivity index (χ2n) is 5.08. The van der Waals surface area contributed by atoms with Gasteiger partial charge in [-0.05, 0) is 49.4 Å². The van der Waals surface area contributed by atoms with Crippen LogP contribution in [0.3, 0.4) is 0 Å². The maximum atomic E-state index is 11.9. The van der Waals surface area contributed by atoms with Gasteiger partial charge in [-0.25, -0.2) is 0 Å². The van der Waals surface area contributed by atoms with Gasteiger partial charge < -0.3 is 11.1 Å². The van der Waals surface area contributed by atoms with Crippen LogP contribution in [0.1, 0.15) is 36.8 Å². The minimum absolute atomic E-state index is 0.119. The lowest BCUT2D eigenvalue weighted by molar-refractivity contribution is -0.117.